The van der Waals surface area contributed by atoms with Crippen LogP contribution < -0.4 is 5.32 Å². The first-order valence-electron chi connectivity index (χ1n) is 6.25. The molecule has 6 heteroatoms. The minimum absolute atomic E-state index is 0.0561. The lowest BCUT2D eigenvalue weighted by atomic mass is 10.1. The molecule has 0 heterocycles. The van der Waals surface area contributed by atoms with Crippen molar-refractivity contribution in [3.05, 3.63) is 59.1 Å². The number of alkyl halides is 3. The van der Waals surface area contributed by atoms with Crippen LogP contribution in [0.2, 0.25) is 5.02 Å². The largest absolute Gasteiger partial charge is 0.418 e. The highest BCUT2D eigenvalue weighted by atomic mass is 35.5. The lowest BCUT2D eigenvalue weighted by Crippen LogP contribution is -2.12. The summed E-state index contributed by atoms with van der Waals surface area (Å²) in [7, 11) is 0. The van der Waals surface area contributed by atoms with Gasteiger partial charge in [0.05, 0.1) is 5.56 Å². The molecule has 0 saturated heterocycles. The molecule has 0 saturated carbocycles. The Bertz CT molecular complexity index is 587. The van der Waals surface area contributed by atoms with Crippen LogP contribution in [0.3, 0.4) is 0 Å². The predicted octanol–water partition coefficient (Wildman–Crippen LogP) is 5.56. The van der Waals surface area contributed by atoms with Gasteiger partial charge in [-0.05, 0) is 30.3 Å². The summed E-state index contributed by atoms with van der Waals surface area (Å²) in [4.78, 5) is 1.09. The second-order valence-electron chi connectivity index (χ2n) is 4.28. The van der Waals surface area contributed by atoms with Crippen molar-refractivity contribution in [2.24, 2.45) is 0 Å². The molecule has 0 unspecified atom stereocenters. The van der Waals surface area contributed by atoms with Crippen molar-refractivity contribution in [3.8, 4) is 0 Å². The molecule has 1 N–H and O–H groups in total. The van der Waals surface area contributed by atoms with Crippen LogP contribution >= 0.6 is 23.4 Å². The first-order chi connectivity index (χ1) is 9.97. The van der Waals surface area contributed by atoms with E-state index in [9.17, 15) is 13.2 Å². The Morgan fingerprint density at radius 3 is 2.43 bits per heavy atom. The average Bonchev–Trinajstić information content (AvgIpc) is 2.45. The number of nitrogens with one attached hydrogen (secondary N) is 1. The van der Waals surface area contributed by atoms with E-state index in [1.54, 1.807) is 11.8 Å². The standard InChI is InChI=1S/C15H13ClF3NS/c16-11-6-7-14(13(10-11)15(17,18)19)20-8-9-21-12-4-2-1-3-5-12/h1-7,10,20H,8-9H2. The van der Waals surface area contributed by atoms with E-state index in [4.69, 9.17) is 11.6 Å². The average molecular weight is 332 g/mol. The van der Waals surface area contributed by atoms with Gasteiger partial charge in [0.15, 0.2) is 0 Å². The van der Waals surface area contributed by atoms with E-state index in [0.29, 0.717) is 12.3 Å². The van der Waals surface area contributed by atoms with Crippen LogP contribution in [-0.4, -0.2) is 12.3 Å². The van der Waals surface area contributed by atoms with E-state index in [2.05, 4.69) is 5.32 Å². The fraction of sp³-hybridized carbons (Fsp3) is 0.200. The van der Waals surface area contributed by atoms with E-state index in [1.807, 2.05) is 30.3 Å². The van der Waals surface area contributed by atoms with E-state index in [-0.39, 0.29) is 10.7 Å². The summed E-state index contributed by atoms with van der Waals surface area (Å²) < 4.78 is 38.7. The van der Waals surface area contributed by atoms with Gasteiger partial charge in [0.2, 0.25) is 0 Å². The molecule has 0 fully saturated rings. The molecule has 0 bridgehead atoms. The van der Waals surface area contributed by atoms with E-state index in [0.717, 1.165) is 11.0 Å². The third-order valence-corrected chi connectivity index (χ3v) is 3.97. The zero-order chi connectivity index (χ0) is 15.3. The van der Waals surface area contributed by atoms with Gasteiger partial charge in [0, 0.05) is 27.9 Å². The van der Waals surface area contributed by atoms with Gasteiger partial charge in [-0.1, -0.05) is 29.8 Å². The van der Waals surface area contributed by atoms with Gasteiger partial charge in [0.25, 0.3) is 0 Å². The number of rotatable bonds is 5. The molecule has 0 atom stereocenters. The van der Waals surface area contributed by atoms with Crippen molar-refractivity contribution >= 4 is 29.1 Å². The Morgan fingerprint density at radius 1 is 1.05 bits per heavy atom. The number of benzene rings is 2. The Morgan fingerprint density at radius 2 is 1.76 bits per heavy atom. The molecule has 2 aromatic rings. The molecular weight excluding hydrogens is 319 g/mol. The highest BCUT2D eigenvalue weighted by Crippen LogP contribution is 2.36. The molecule has 2 rings (SSSR count). The summed E-state index contributed by atoms with van der Waals surface area (Å²) in [5.74, 6) is 0.671. The summed E-state index contributed by atoms with van der Waals surface area (Å²) in [6.45, 7) is 0.435. The van der Waals surface area contributed by atoms with Crippen molar-refractivity contribution in [2.45, 2.75) is 11.1 Å². The van der Waals surface area contributed by atoms with Gasteiger partial charge in [-0.2, -0.15) is 13.2 Å². The summed E-state index contributed by atoms with van der Waals surface area (Å²) in [6.07, 6.45) is -4.42. The lowest BCUT2D eigenvalue weighted by Gasteiger charge is -2.14. The molecule has 21 heavy (non-hydrogen) atoms. The SMILES string of the molecule is FC(F)(F)c1cc(Cl)ccc1NCCSc1ccccc1. The maximum Gasteiger partial charge on any atom is 0.418 e. The van der Waals surface area contributed by atoms with Crippen LogP contribution in [0.4, 0.5) is 18.9 Å². The smallest absolute Gasteiger partial charge is 0.384 e. The first kappa shape index (κ1) is 16.0. The van der Waals surface area contributed by atoms with Gasteiger partial charge in [-0.3, -0.25) is 0 Å². The highest BCUT2D eigenvalue weighted by Gasteiger charge is 2.33. The van der Waals surface area contributed by atoms with Crippen molar-refractivity contribution in [1.29, 1.82) is 0 Å². The van der Waals surface area contributed by atoms with Crippen LogP contribution in [0, 0.1) is 0 Å². The molecule has 0 aromatic heterocycles. The maximum absolute atomic E-state index is 12.9. The molecule has 0 amide bonds. The van der Waals surface area contributed by atoms with Crippen LogP contribution in [0.15, 0.2) is 53.4 Å². The number of hydrogen-bond donors (Lipinski definition) is 1. The topological polar surface area (TPSA) is 12.0 Å². The summed E-state index contributed by atoms with van der Waals surface area (Å²) in [5.41, 5.74) is -0.680. The molecule has 1 nitrogen and oxygen atoms in total. The fourth-order valence-electron chi connectivity index (χ4n) is 1.78. The second kappa shape index (κ2) is 7.09. The predicted molar refractivity (Wildman–Crippen MR) is 82.1 cm³/mol. The minimum atomic E-state index is -4.42. The van der Waals surface area contributed by atoms with Crippen molar-refractivity contribution in [3.63, 3.8) is 0 Å². The Balaban J connectivity index is 1.94. The zero-order valence-electron chi connectivity index (χ0n) is 11.0. The van der Waals surface area contributed by atoms with Gasteiger partial charge >= 0.3 is 6.18 Å². The first-order valence-corrected chi connectivity index (χ1v) is 7.61. The molecule has 0 aliphatic carbocycles. The molecule has 0 radical (unpaired) electrons. The van der Waals surface area contributed by atoms with Crippen LogP contribution in [0.1, 0.15) is 5.56 Å². The van der Waals surface area contributed by atoms with Crippen molar-refractivity contribution in [1.82, 2.24) is 0 Å². The maximum atomic E-state index is 12.9. The van der Waals surface area contributed by atoms with Crippen molar-refractivity contribution < 1.29 is 13.2 Å². The minimum Gasteiger partial charge on any atom is -0.384 e. The molecule has 0 aliphatic heterocycles. The van der Waals surface area contributed by atoms with E-state index < -0.39 is 11.7 Å². The second-order valence-corrected chi connectivity index (χ2v) is 5.88. The monoisotopic (exact) mass is 331 g/mol. The Kier molecular flexibility index (Phi) is 5.42. The van der Waals surface area contributed by atoms with Crippen LogP contribution in [0.5, 0.6) is 0 Å². The lowest BCUT2D eigenvalue weighted by molar-refractivity contribution is -0.136. The Labute approximate surface area is 130 Å². The van der Waals surface area contributed by atoms with Gasteiger partial charge in [-0.25, -0.2) is 0 Å². The molecular formula is C15H13ClF3NS. The Hall–Kier alpha value is -1.33. The number of halogens is 4. The quantitative estimate of drug-likeness (QED) is 0.568. The van der Waals surface area contributed by atoms with Gasteiger partial charge in [-0.15, -0.1) is 11.8 Å². The highest BCUT2D eigenvalue weighted by molar-refractivity contribution is 7.99. The molecule has 0 spiro atoms. The summed E-state index contributed by atoms with van der Waals surface area (Å²) >= 11 is 7.22. The van der Waals surface area contributed by atoms with Gasteiger partial charge in [0.1, 0.15) is 0 Å². The van der Waals surface area contributed by atoms with E-state index in [1.165, 1.54) is 12.1 Å². The van der Waals surface area contributed by atoms with Crippen molar-refractivity contribution in [2.75, 3.05) is 17.6 Å². The number of anilines is 1. The molecule has 112 valence electrons. The van der Waals surface area contributed by atoms with Crippen LogP contribution in [-0.2, 0) is 6.18 Å². The normalized spacial score (nSPS) is 11.4. The molecule has 2 aromatic carbocycles. The summed E-state index contributed by atoms with van der Waals surface area (Å²) in [5, 5.41) is 2.89. The van der Waals surface area contributed by atoms with E-state index >= 15 is 0 Å². The molecule has 0 aliphatic rings. The summed E-state index contributed by atoms with van der Waals surface area (Å²) in [6, 6.07) is 13.5. The number of thioether (sulfide) groups is 1. The third-order valence-electron chi connectivity index (χ3n) is 2.72. The fourth-order valence-corrected chi connectivity index (χ4v) is 2.74. The zero-order valence-corrected chi connectivity index (χ0v) is 12.5. The number of hydrogen-bond acceptors (Lipinski definition) is 2. The van der Waals surface area contributed by atoms with Crippen LogP contribution in [0.25, 0.3) is 0 Å². The third kappa shape index (κ3) is 4.86. The van der Waals surface area contributed by atoms with Gasteiger partial charge < -0.3 is 5.32 Å².